The van der Waals surface area contributed by atoms with E-state index in [0.717, 1.165) is 5.57 Å². The van der Waals surface area contributed by atoms with Crippen LogP contribution < -0.4 is 0 Å². The van der Waals surface area contributed by atoms with Crippen molar-refractivity contribution in [1.29, 1.82) is 0 Å². The van der Waals surface area contributed by atoms with Crippen molar-refractivity contribution in [2.24, 2.45) is 17.3 Å². The quantitative estimate of drug-likeness (QED) is 0.168. The summed E-state index contributed by atoms with van der Waals surface area (Å²) >= 11 is 0. The minimum absolute atomic E-state index is 0.107. The van der Waals surface area contributed by atoms with Gasteiger partial charge in [-0.25, -0.2) is 0 Å². The Morgan fingerprint density at radius 1 is 0.685 bits per heavy atom. The fraction of sp³-hybridized carbons (Fsp3) is 0.259. The molecule has 0 N–H and O–H groups in total. The summed E-state index contributed by atoms with van der Waals surface area (Å²) in [5, 5.41) is 0. The molecule has 0 bridgehead atoms. The number of rotatable bonds is 7. The molecule has 0 saturated carbocycles. The predicted molar refractivity (Wildman–Crippen MR) is 234 cm³/mol. The summed E-state index contributed by atoms with van der Waals surface area (Å²) in [7, 11) is 0. The molecular weight excluding hydrogens is 649 g/mol. The maximum absolute atomic E-state index is 4.21. The summed E-state index contributed by atoms with van der Waals surface area (Å²) in [5.74, 6) is 0.527. The SMILES string of the molecule is C=C/C(=C\C=C/C)c1ccc2c(c1)C(C)(C)C1=C3c4ccc(-c5ccccc5)cc4C(C)(C)C3C3C(/C=C\C)=C(/C=C/c4ccc(C)cc4)C(C)(C)C3=C12. The van der Waals surface area contributed by atoms with E-state index in [0.29, 0.717) is 0 Å². The standard InChI is InChI=1S/C54H54/c1-11-14-19-36(13-3)38-27-29-41-44(32-38)53(7,8)51-47(41)49-46(40(18-12-2)43(52(49,5)6)31-26-35-24-22-34(4)23-25-35)50-48(51)42-30-28-39(33-45(42)54(50,9)10)37-20-16-15-17-21-37/h11-33,46,50H,3H2,1-2,4-10H3/b14-11-,18-12-,31-26+,36-19+. The molecule has 4 aliphatic rings. The normalized spacial score (nSPS) is 22.0. The fourth-order valence-electron chi connectivity index (χ4n) is 10.5. The van der Waals surface area contributed by atoms with Crippen molar-refractivity contribution in [3.8, 4) is 11.1 Å². The summed E-state index contributed by atoms with van der Waals surface area (Å²) in [5.41, 5.74) is 21.7. The van der Waals surface area contributed by atoms with Crippen LogP contribution in [0.1, 0.15) is 94.3 Å². The van der Waals surface area contributed by atoms with Crippen molar-refractivity contribution < 1.29 is 0 Å². The number of hydrogen-bond donors (Lipinski definition) is 0. The van der Waals surface area contributed by atoms with Crippen molar-refractivity contribution in [3.05, 3.63) is 201 Å². The molecule has 0 saturated heterocycles. The van der Waals surface area contributed by atoms with Crippen LogP contribution in [0.3, 0.4) is 0 Å². The van der Waals surface area contributed by atoms with Gasteiger partial charge >= 0.3 is 0 Å². The molecule has 0 fully saturated rings. The van der Waals surface area contributed by atoms with Crippen LogP contribution >= 0.6 is 0 Å². The lowest BCUT2D eigenvalue weighted by Crippen LogP contribution is -2.36. The highest BCUT2D eigenvalue weighted by Crippen LogP contribution is 2.72. The predicted octanol–water partition coefficient (Wildman–Crippen LogP) is 14.5. The van der Waals surface area contributed by atoms with E-state index in [9.17, 15) is 0 Å². The maximum Gasteiger partial charge on any atom is 0.0162 e. The second kappa shape index (κ2) is 13.0. The fourth-order valence-corrected chi connectivity index (χ4v) is 10.5. The van der Waals surface area contributed by atoms with Gasteiger partial charge in [-0.3, -0.25) is 0 Å². The van der Waals surface area contributed by atoms with Crippen LogP contribution in [0.15, 0.2) is 162 Å². The van der Waals surface area contributed by atoms with Crippen molar-refractivity contribution in [1.82, 2.24) is 0 Å². The van der Waals surface area contributed by atoms with Crippen LogP contribution in [0.2, 0.25) is 0 Å². The Bertz CT molecular complexity index is 2420. The number of aryl methyl sites for hydroxylation is 1. The molecule has 0 aliphatic heterocycles. The lowest BCUT2D eigenvalue weighted by atomic mass is 9.59. The van der Waals surface area contributed by atoms with E-state index in [1.54, 1.807) is 11.1 Å². The topological polar surface area (TPSA) is 0 Å². The smallest absolute Gasteiger partial charge is 0.0162 e. The van der Waals surface area contributed by atoms with Gasteiger partial charge in [0, 0.05) is 22.7 Å². The van der Waals surface area contributed by atoms with Gasteiger partial charge in [-0.05, 0) is 122 Å². The minimum atomic E-state index is -0.202. The molecule has 4 aromatic rings. The van der Waals surface area contributed by atoms with E-state index < -0.39 is 0 Å². The molecule has 8 rings (SSSR count). The Hall–Kier alpha value is -5.20. The van der Waals surface area contributed by atoms with Crippen LogP contribution in [0.25, 0.3) is 33.9 Å². The summed E-state index contributed by atoms with van der Waals surface area (Å²) in [6.45, 7) is 25.6. The minimum Gasteiger partial charge on any atom is -0.0984 e. The van der Waals surface area contributed by atoms with E-state index >= 15 is 0 Å². The molecule has 0 amide bonds. The first-order valence-corrected chi connectivity index (χ1v) is 19.8. The molecule has 0 spiro atoms. The number of allylic oxidation sites excluding steroid dienone is 14. The Morgan fingerprint density at radius 2 is 1.41 bits per heavy atom. The van der Waals surface area contributed by atoms with Gasteiger partial charge < -0.3 is 0 Å². The second-order valence-corrected chi connectivity index (χ2v) is 17.4. The molecule has 0 radical (unpaired) electrons. The Balaban J connectivity index is 1.45. The third-order valence-corrected chi connectivity index (χ3v) is 13.1. The van der Waals surface area contributed by atoms with Gasteiger partial charge in [-0.15, -0.1) is 0 Å². The zero-order valence-electron chi connectivity index (χ0n) is 33.6. The van der Waals surface area contributed by atoms with Gasteiger partial charge in [-0.2, -0.15) is 0 Å². The first-order valence-electron chi connectivity index (χ1n) is 19.8. The largest absolute Gasteiger partial charge is 0.0984 e. The first-order chi connectivity index (χ1) is 25.9. The second-order valence-electron chi connectivity index (χ2n) is 17.4. The highest BCUT2D eigenvalue weighted by atomic mass is 14.6. The highest BCUT2D eigenvalue weighted by Gasteiger charge is 2.60. The zero-order valence-corrected chi connectivity index (χ0v) is 33.6. The average molecular weight is 703 g/mol. The third kappa shape index (κ3) is 5.25. The molecular formula is C54H54. The summed E-state index contributed by atoms with van der Waals surface area (Å²) < 4.78 is 0. The molecule has 2 atom stereocenters. The van der Waals surface area contributed by atoms with Gasteiger partial charge in [0.05, 0.1) is 0 Å². The van der Waals surface area contributed by atoms with E-state index in [1.807, 2.05) is 6.08 Å². The third-order valence-electron chi connectivity index (χ3n) is 13.1. The lowest BCUT2D eigenvalue weighted by Gasteiger charge is -2.43. The van der Waals surface area contributed by atoms with Crippen molar-refractivity contribution in [2.75, 3.05) is 0 Å². The van der Waals surface area contributed by atoms with Gasteiger partial charge in [0.15, 0.2) is 0 Å². The van der Waals surface area contributed by atoms with E-state index in [2.05, 4.69) is 202 Å². The van der Waals surface area contributed by atoms with Crippen LogP contribution in [0.5, 0.6) is 0 Å². The van der Waals surface area contributed by atoms with Gasteiger partial charge in [0.1, 0.15) is 0 Å². The molecule has 4 aromatic carbocycles. The lowest BCUT2D eigenvalue weighted by molar-refractivity contribution is 0.338. The van der Waals surface area contributed by atoms with E-state index in [1.165, 1.54) is 72.4 Å². The summed E-state index contributed by atoms with van der Waals surface area (Å²) in [6, 6.07) is 34.4. The zero-order chi connectivity index (χ0) is 38.2. The molecule has 0 heterocycles. The van der Waals surface area contributed by atoms with E-state index in [4.69, 9.17) is 0 Å². The molecule has 0 heteroatoms. The van der Waals surface area contributed by atoms with Gasteiger partial charge in [0.2, 0.25) is 0 Å². The Morgan fingerprint density at radius 3 is 2.09 bits per heavy atom. The highest BCUT2D eigenvalue weighted by molar-refractivity contribution is 6.05. The molecule has 270 valence electrons. The van der Waals surface area contributed by atoms with Gasteiger partial charge in [0.25, 0.3) is 0 Å². The maximum atomic E-state index is 4.21. The number of benzene rings is 4. The summed E-state index contributed by atoms with van der Waals surface area (Å²) in [4.78, 5) is 0. The summed E-state index contributed by atoms with van der Waals surface area (Å²) in [6.07, 6.45) is 17.9. The Labute approximate surface area is 324 Å². The van der Waals surface area contributed by atoms with Crippen LogP contribution in [-0.4, -0.2) is 0 Å². The van der Waals surface area contributed by atoms with Crippen molar-refractivity contribution in [3.63, 3.8) is 0 Å². The average Bonchev–Trinajstić information content (AvgIpc) is 3.63. The Kier molecular flexibility index (Phi) is 8.61. The van der Waals surface area contributed by atoms with Crippen LogP contribution in [0, 0.1) is 24.2 Å². The number of hydrogen-bond acceptors (Lipinski definition) is 0. The van der Waals surface area contributed by atoms with Crippen LogP contribution in [0.4, 0.5) is 0 Å². The molecule has 4 aliphatic carbocycles. The molecule has 54 heavy (non-hydrogen) atoms. The van der Waals surface area contributed by atoms with Crippen molar-refractivity contribution >= 4 is 22.8 Å². The number of fused-ring (bicyclic) bond motifs is 8. The van der Waals surface area contributed by atoms with Crippen molar-refractivity contribution in [2.45, 2.75) is 73.1 Å². The molecule has 0 aromatic heterocycles. The van der Waals surface area contributed by atoms with Gasteiger partial charge in [-0.1, -0.05) is 181 Å². The molecule has 2 unspecified atom stereocenters. The van der Waals surface area contributed by atoms with Crippen LogP contribution in [-0.2, 0) is 10.8 Å². The monoisotopic (exact) mass is 702 g/mol. The molecule has 0 nitrogen and oxygen atoms in total. The van der Waals surface area contributed by atoms with E-state index in [-0.39, 0.29) is 28.1 Å². The first kappa shape index (κ1) is 35.8.